The van der Waals surface area contributed by atoms with Crippen molar-refractivity contribution in [1.82, 2.24) is 15.0 Å². The van der Waals surface area contributed by atoms with Gasteiger partial charge in [-0.3, -0.25) is 4.79 Å². The molecular formula is C23H29FN4O4. The number of aromatic nitrogens is 2. The molecule has 1 aliphatic rings. The van der Waals surface area contributed by atoms with E-state index >= 15 is 0 Å². The van der Waals surface area contributed by atoms with Gasteiger partial charge in [0.05, 0.1) is 26.6 Å². The lowest BCUT2D eigenvalue weighted by molar-refractivity contribution is -0.160. The predicted octanol–water partition coefficient (Wildman–Crippen LogP) is 2.44. The van der Waals surface area contributed by atoms with Gasteiger partial charge in [0, 0.05) is 30.6 Å². The van der Waals surface area contributed by atoms with Crippen molar-refractivity contribution < 1.29 is 23.6 Å². The molecule has 1 saturated heterocycles. The summed E-state index contributed by atoms with van der Waals surface area (Å²) < 4.78 is 18.7. The van der Waals surface area contributed by atoms with Crippen molar-refractivity contribution in [2.24, 2.45) is 11.1 Å². The summed E-state index contributed by atoms with van der Waals surface area (Å²) in [6.07, 6.45) is 4.46. The Morgan fingerprint density at radius 3 is 2.47 bits per heavy atom. The van der Waals surface area contributed by atoms with Crippen LogP contribution in [0.25, 0.3) is 11.4 Å². The number of hydrogen-bond donors (Lipinski definition) is 1. The van der Waals surface area contributed by atoms with E-state index < -0.39 is 11.7 Å². The third kappa shape index (κ3) is 5.01. The van der Waals surface area contributed by atoms with E-state index in [2.05, 4.69) is 9.97 Å². The summed E-state index contributed by atoms with van der Waals surface area (Å²) >= 11 is 0. The highest BCUT2D eigenvalue weighted by molar-refractivity contribution is 6.00. The van der Waals surface area contributed by atoms with Crippen LogP contribution >= 0.6 is 0 Å². The maximum atomic E-state index is 13.3. The van der Waals surface area contributed by atoms with Gasteiger partial charge in [-0.1, -0.05) is 0 Å². The number of carbonyl (C=O) groups is 2. The number of nitrogens with zero attached hydrogens (tertiary/aromatic N) is 3. The van der Waals surface area contributed by atoms with Crippen molar-refractivity contribution in [2.75, 3.05) is 33.9 Å². The van der Waals surface area contributed by atoms with Crippen molar-refractivity contribution >= 4 is 12.1 Å². The Balaban J connectivity index is 1.89. The summed E-state index contributed by atoms with van der Waals surface area (Å²) in [5.74, 6) is -0.999. The lowest BCUT2D eigenvalue weighted by atomic mass is 9.72. The minimum atomic E-state index is -0.975. The number of ether oxygens (including phenoxy) is 1. The fourth-order valence-electron chi connectivity index (χ4n) is 4.30. The molecule has 172 valence electrons. The molecule has 1 aliphatic heterocycles. The van der Waals surface area contributed by atoms with Crippen LogP contribution in [-0.4, -0.2) is 61.0 Å². The highest BCUT2D eigenvalue weighted by Crippen LogP contribution is 2.39. The van der Waals surface area contributed by atoms with E-state index in [0.717, 1.165) is 12.4 Å². The van der Waals surface area contributed by atoms with Crippen LogP contribution in [0, 0.1) is 18.2 Å². The number of Topliss-reactive ketones (excluding diaryl/α,β-unsaturated/α-hetero) is 1. The Morgan fingerprint density at radius 1 is 1.28 bits per heavy atom. The molecule has 0 amide bonds. The molecule has 2 aromatic rings. The number of methoxy groups -OCH3 is 1. The van der Waals surface area contributed by atoms with Crippen LogP contribution in [0.15, 0.2) is 24.5 Å². The Hall–Kier alpha value is -2.75. The van der Waals surface area contributed by atoms with Gasteiger partial charge in [0.15, 0.2) is 11.6 Å². The first-order valence-corrected chi connectivity index (χ1v) is 10.5. The van der Waals surface area contributed by atoms with Gasteiger partial charge in [-0.15, -0.1) is 0 Å². The fourth-order valence-corrected chi connectivity index (χ4v) is 4.30. The van der Waals surface area contributed by atoms with Gasteiger partial charge in [0.2, 0.25) is 0 Å². The molecule has 2 heterocycles. The first-order chi connectivity index (χ1) is 15.4. The fraction of sp³-hybridized carbons (Fsp3) is 0.478. The molecule has 0 aliphatic carbocycles. The molecule has 0 bridgehead atoms. The Kier molecular flexibility index (Phi) is 7.65. The second kappa shape index (κ2) is 10.2. The topological polar surface area (TPSA) is 108 Å². The molecular weight excluding hydrogens is 415 g/mol. The number of ketones is 1. The average molecular weight is 445 g/mol. The number of aryl methyl sites for hydroxylation is 1. The standard InChI is InChI=1S/C23H29FN4O4/c1-15-8-16(22-26-11-17(24)12-27-22)9-20(31-2)21(15)18(13-29)19(30)10-23(14-25)4-6-28(32-3)7-5-23/h8-9,11-13,18H,4-7,10,14,25H2,1-3H3. The zero-order valence-electron chi connectivity index (χ0n) is 18.6. The van der Waals surface area contributed by atoms with E-state index in [9.17, 15) is 14.0 Å². The number of benzene rings is 1. The van der Waals surface area contributed by atoms with Crippen LogP contribution in [0.2, 0.25) is 0 Å². The Morgan fingerprint density at radius 2 is 1.94 bits per heavy atom. The number of piperidine rings is 1. The summed E-state index contributed by atoms with van der Waals surface area (Å²) in [6, 6.07) is 3.43. The third-order valence-corrected chi connectivity index (χ3v) is 6.26. The molecule has 1 aromatic carbocycles. The van der Waals surface area contributed by atoms with Gasteiger partial charge in [0.1, 0.15) is 23.7 Å². The number of rotatable bonds is 9. The largest absolute Gasteiger partial charge is 0.496 e. The van der Waals surface area contributed by atoms with Crippen LogP contribution in [0.5, 0.6) is 5.75 Å². The van der Waals surface area contributed by atoms with E-state index in [4.69, 9.17) is 15.3 Å². The monoisotopic (exact) mass is 444 g/mol. The van der Waals surface area contributed by atoms with Crippen LogP contribution in [0.4, 0.5) is 4.39 Å². The first-order valence-electron chi connectivity index (χ1n) is 10.5. The molecule has 0 radical (unpaired) electrons. The minimum Gasteiger partial charge on any atom is -0.496 e. The molecule has 2 N–H and O–H groups in total. The number of nitrogens with two attached hydrogens (primary N) is 1. The average Bonchev–Trinajstić information content (AvgIpc) is 2.81. The van der Waals surface area contributed by atoms with Crippen LogP contribution in [0.3, 0.4) is 0 Å². The van der Waals surface area contributed by atoms with Gasteiger partial charge < -0.3 is 20.1 Å². The molecule has 1 unspecified atom stereocenters. The maximum Gasteiger partial charge on any atom is 0.159 e. The Bertz CT molecular complexity index is 959. The molecule has 0 saturated carbocycles. The molecule has 3 rings (SSSR count). The SMILES string of the molecule is COc1cc(-c2ncc(F)cn2)cc(C)c1C(C=O)C(=O)CC1(CN)CCN(OC)CC1. The van der Waals surface area contributed by atoms with Crippen molar-refractivity contribution in [3.05, 3.63) is 41.5 Å². The van der Waals surface area contributed by atoms with Crippen LogP contribution in [0.1, 0.15) is 36.3 Å². The van der Waals surface area contributed by atoms with E-state index in [1.54, 1.807) is 26.2 Å². The zero-order valence-corrected chi connectivity index (χ0v) is 18.6. The van der Waals surface area contributed by atoms with E-state index in [1.807, 2.05) is 5.06 Å². The van der Waals surface area contributed by atoms with Gasteiger partial charge in [-0.2, -0.15) is 5.06 Å². The summed E-state index contributed by atoms with van der Waals surface area (Å²) in [7, 11) is 3.10. The molecule has 9 heteroatoms. The van der Waals surface area contributed by atoms with Gasteiger partial charge in [0.25, 0.3) is 0 Å². The molecule has 1 fully saturated rings. The lowest BCUT2D eigenvalue weighted by Crippen LogP contribution is -2.45. The van der Waals surface area contributed by atoms with Crippen molar-refractivity contribution in [3.63, 3.8) is 0 Å². The molecule has 1 aromatic heterocycles. The Labute approximate surface area is 186 Å². The highest BCUT2D eigenvalue weighted by Gasteiger charge is 2.38. The first kappa shape index (κ1) is 23.9. The predicted molar refractivity (Wildman–Crippen MR) is 116 cm³/mol. The molecule has 32 heavy (non-hydrogen) atoms. The van der Waals surface area contributed by atoms with Crippen LogP contribution < -0.4 is 10.5 Å². The summed E-state index contributed by atoms with van der Waals surface area (Å²) in [6.45, 7) is 3.52. The molecule has 1 atom stereocenters. The minimum absolute atomic E-state index is 0.191. The normalized spacial score (nSPS) is 17.0. The van der Waals surface area contributed by atoms with E-state index in [-0.39, 0.29) is 17.6 Å². The second-order valence-electron chi connectivity index (χ2n) is 8.21. The number of hydrogen-bond acceptors (Lipinski definition) is 8. The quantitative estimate of drug-likeness (QED) is 0.464. The maximum absolute atomic E-state index is 13.3. The van der Waals surface area contributed by atoms with E-state index in [1.165, 1.54) is 7.11 Å². The smallest absolute Gasteiger partial charge is 0.159 e. The van der Waals surface area contributed by atoms with Crippen molar-refractivity contribution in [3.8, 4) is 17.1 Å². The van der Waals surface area contributed by atoms with Gasteiger partial charge in [-0.05, 0) is 49.4 Å². The second-order valence-corrected chi connectivity index (χ2v) is 8.21. The highest BCUT2D eigenvalue weighted by atomic mass is 19.1. The van der Waals surface area contributed by atoms with E-state index in [0.29, 0.717) is 67.0 Å². The zero-order chi connectivity index (χ0) is 23.3. The van der Waals surface area contributed by atoms with Gasteiger partial charge in [-0.25, -0.2) is 14.4 Å². The number of carbonyl (C=O) groups excluding carboxylic acids is 2. The van der Waals surface area contributed by atoms with Gasteiger partial charge >= 0.3 is 0 Å². The summed E-state index contributed by atoms with van der Waals surface area (Å²) in [5.41, 5.74) is 7.51. The molecule has 0 spiro atoms. The number of aldehydes is 1. The third-order valence-electron chi connectivity index (χ3n) is 6.26. The summed E-state index contributed by atoms with van der Waals surface area (Å²) in [5, 5.41) is 1.85. The summed E-state index contributed by atoms with van der Waals surface area (Å²) in [4.78, 5) is 38.7. The van der Waals surface area contributed by atoms with Crippen LogP contribution in [-0.2, 0) is 14.4 Å². The number of halogens is 1. The lowest BCUT2D eigenvalue weighted by Gasteiger charge is -2.40. The van der Waals surface area contributed by atoms with Crippen molar-refractivity contribution in [2.45, 2.75) is 32.1 Å². The molecule has 8 nitrogen and oxygen atoms in total. The number of hydroxylamine groups is 2. The van der Waals surface area contributed by atoms with Crippen molar-refractivity contribution in [1.29, 1.82) is 0 Å².